The van der Waals surface area contributed by atoms with Crippen LogP contribution in [0.25, 0.3) is 5.65 Å². The molecule has 0 bridgehead atoms. The molecule has 1 aromatic carbocycles. The number of ether oxygens (including phenoxy) is 2. The van der Waals surface area contributed by atoms with Crippen LogP contribution < -0.4 is 20.1 Å². The summed E-state index contributed by atoms with van der Waals surface area (Å²) in [6, 6.07) is 11.2. The lowest BCUT2D eigenvalue weighted by Crippen LogP contribution is -2.29. The quantitative estimate of drug-likeness (QED) is 0.517. The molecule has 1 aliphatic carbocycles. The van der Waals surface area contributed by atoms with Gasteiger partial charge in [-0.05, 0) is 49.6 Å². The second-order valence-corrected chi connectivity index (χ2v) is 6.98. The van der Waals surface area contributed by atoms with E-state index in [2.05, 4.69) is 15.6 Å². The van der Waals surface area contributed by atoms with Gasteiger partial charge in [0.1, 0.15) is 12.3 Å². The van der Waals surface area contributed by atoms with Crippen molar-refractivity contribution in [3.05, 3.63) is 54.5 Å². The molecule has 3 aromatic rings. The standard InChI is InChI=1S/C21H24N4O3.2ClH/c1-27-18-8-7-16(24-21(26)12-22-11-15-5-6-15)10-19(18)28-14-17-13-25-9-3-2-4-20(25)23-17;;/h2-4,7-10,13,15,22H,5-6,11-12,14H2,1H3,(H,24,26);2*1H. The van der Waals surface area contributed by atoms with Crippen molar-refractivity contribution < 1.29 is 14.3 Å². The predicted molar refractivity (Wildman–Crippen MR) is 121 cm³/mol. The SMILES string of the molecule is COc1ccc(NC(=O)CNCC2CC2)cc1OCc1cn2ccccc2n1.Cl.Cl. The van der Waals surface area contributed by atoms with E-state index in [1.54, 1.807) is 25.3 Å². The van der Waals surface area contributed by atoms with Crippen LogP contribution in [-0.2, 0) is 11.4 Å². The van der Waals surface area contributed by atoms with Crippen LogP contribution in [0, 0.1) is 5.92 Å². The van der Waals surface area contributed by atoms with Crippen LogP contribution >= 0.6 is 24.8 Å². The van der Waals surface area contributed by atoms with Gasteiger partial charge in [-0.15, -0.1) is 24.8 Å². The monoisotopic (exact) mass is 452 g/mol. The topological polar surface area (TPSA) is 76.9 Å². The number of anilines is 1. The predicted octanol–water partition coefficient (Wildman–Crippen LogP) is 3.70. The second kappa shape index (κ2) is 11.1. The number of nitrogens with zero attached hydrogens (tertiary/aromatic N) is 2. The minimum atomic E-state index is -0.0721. The van der Waals surface area contributed by atoms with Gasteiger partial charge in [-0.1, -0.05) is 6.07 Å². The van der Waals surface area contributed by atoms with Crippen LogP contribution in [0.3, 0.4) is 0 Å². The van der Waals surface area contributed by atoms with Gasteiger partial charge in [0.25, 0.3) is 0 Å². The van der Waals surface area contributed by atoms with Crippen LogP contribution in [0.2, 0.25) is 0 Å². The number of imidazole rings is 1. The third-order valence-electron chi connectivity index (χ3n) is 4.65. The van der Waals surface area contributed by atoms with Crippen molar-refractivity contribution in [2.75, 3.05) is 25.5 Å². The molecule has 30 heavy (non-hydrogen) atoms. The number of pyridine rings is 1. The molecule has 1 fully saturated rings. The lowest BCUT2D eigenvalue weighted by Gasteiger charge is -2.12. The number of carbonyl (C=O) groups is 1. The Kier molecular flexibility index (Phi) is 8.77. The summed E-state index contributed by atoms with van der Waals surface area (Å²) in [5, 5.41) is 6.08. The zero-order valence-electron chi connectivity index (χ0n) is 16.7. The molecule has 9 heteroatoms. The fourth-order valence-electron chi connectivity index (χ4n) is 2.99. The fraction of sp³-hybridized carbons (Fsp3) is 0.333. The maximum Gasteiger partial charge on any atom is 0.238 e. The largest absolute Gasteiger partial charge is 0.493 e. The van der Waals surface area contributed by atoms with Crippen molar-refractivity contribution in [2.24, 2.45) is 5.92 Å². The van der Waals surface area contributed by atoms with Crippen molar-refractivity contribution in [3.63, 3.8) is 0 Å². The number of halogens is 2. The third kappa shape index (κ3) is 6.26. The first kappa shape index (κ1) is 23.8. The zero-order chi connectivity index (χ0) is 19.3. The highest BCUT2D eigenvalue weighted by atomic mass is 35.5. The van der Waals surface area contributed by atoms with Crippen LogP contribution in [0.4, 0.5) is 5.69 Å². The lowest BCUT2D eigenvalue weighted by molar-refractivity contribution is -0.115. The molecule has 7 nitrogen and oxygen atoms in total. The molecule has 1 saturated carbocycles. The number of methoxy groups -OCH3 is 1. The van der Waals surface area contributed by atoms with Crippen molar-refractivity contribution in [3.8, 4) is 11.5 Å². The van der Waals surface area contributed by atoms with Gasteiger partial charge in [0, 0.05) is 24.1 Å². The molecule has 0 aliphatic heterocycles. The molecule has 0 atom stereocenters. The van der Waals surface area contributed by atoms with Crippen LogP contribution in [0.5, 0.6) is 11.5 Å². The average Bonchev–Trinajstić information content (AvgIpc) is 3.43. The minimum Gasteiger partial charge on any atom is -0.493 e. The van der Waals surface area contributed by atoms with E-state index in [4.69, 9.17) is 9.47 Å². The highest BCUT2D eigenvalue weighted by molar-refractivity contribution is 5.92. The molecular weight excluding hydrogens is 427 g/mol. The molecule has 162 valence electrons. The van der Waals surface area contributed by atoms with Gasteiger partial charge >= 0.3 is 0 Å². The maximum atomic E-state index is 12.1. The van der Waals surface area contributed by atoms with Gasteiger partial charge in [0.2, 0.25) is 5.91 Å². The van der Waals surface area contributed by atoms with E-state index in [-0.39, 0.29) is 30.7 Å². The number of nitrogens with one attached hydrogen (secondary N) is 2. The van der Waals surface area contributed by atoms with E-state index < -0.39 is 0 Å². The molecule has 4 rings (SSSR count). The Morgan fingerprint density at radius 3 is 2.77 bits per heavy atom. The first-order valence-corrected chi connectivity index (χ1v) is 9.45. The Labute approximate surface area is 188 Å². The van der Waals surface area contributed by atoms with Crippen molar-refractivity contribution in [2.45, 2.75) is 19.4 Å². The third-order valence-corrected chi connectivity index (χ3v) is 4.65. The minimum absolute atomic E-state index is 0. The summed E-state index contributed by atoms with van der Waals surface area (Å²) in [5.41, 5.74) is 2.35. The van der Waals surface area contributed by atoms with Gasteiger partial charge in [-0.3, -0.25) is 4.79 Å². The fourth-order valence-corrected chi connectivity index (χ4v) is 2.99. The molecular formula is C21H26Cl2N4O3. The van der Waals surface area contributed by atoms with E-state index in [1.807, 2.05) is 35.0 Å². The molecule has 0 radical (unpaired) electrons. The lowest BCUT2D eigenvalue weighted by atomic mass is 10.2. The normalized spacial score (nSPS) is 12.6. The van der Waals surface area contributed by atoms with Crippen molar-refractivity contribution >= 4 is 42.1 Å². The Bertz CT molecular complexity index is 943. The molecule has 1 aliphatic rings. The molecule has 0 saturated heterocycles. The van der Waals surface area contributed by atoms with Gasteiger partial charge in [0.15, 0.2) is 11.5 Å². The number of aromatic nitrogens is 2. The molecule has 2 aromatic heterocycles. The second-order valence-electron chi connectivity index (χ2n) is 6.98. The summed E-state index contributed by atoms with van der Waals surface area (Å²) >= 11 is 0. The maximum absolute atomic E-state index is 12.1. The zero-order valence-corrected chi connectivity index (χ0v) is 18.3. The van der Waals surface area contributed by atoms with Crippen LogP contribution in [-0.4, -0.2) is 35.5 Å². The molecule has 2 N–H and O–H groups in total. The van der Waals surface area contributed by atoms with Gasteiger partial charge < -0.3 is 24.5 Å². The summed E-state index contributed by atoms with van der Waals surface area (Å²) in [7, 11) is 1.59. The van der Waals surface area contributed by atoms with Crippen LogP contribution in [0.1, 0.15) is 18.5 Å². The molecule has 0 spiro atoms. The number of benzene rings is 1. The first-order chi connectivity index (χ1) is 13.7. The first-order valence-electron chi connectivity index (χ1n) is 9.45. The summed E-state index contributed by atoms with van der Waals surface area (Å²) in [6.07, 6.45) is 6.40. The summed E-state index contributed by atoms with van der Waals surface area (Å²) in [4.78, 5) is 16.6. The Balaban J connectivity index is 0.00000160. The van der Waals surface area contributed by atoms with Crippen LogP contribution in [0.15, 0.2) is 48.8 Å². The highest BCUT2D eigenvalue weighted by Gasteiger charge is 2.20. The molecule has 2 heterocycles. The van der Waals surface area contributed by atoms with Gasteiger partial charge in [0.05, 0.1) is 19.3 Å². The summed E-state index contributed by atoms with van der Waals surface area (Å²) in [5.74, 6) is 1.84. The number of hydrogen-bond donors (Lipinski definition) is 2. The Hall–Kier alpha value is -2.48. The number of fused-ring (bicyclic) bond motifs is 1. The van der Waals surface area contributed by atoms with Gasteiger partial charge in [-0.25, -0.2) is 4.98 Å². The van der Waals surface area contributed by atoms with Crippen molar-refractivity contribution in [1.82, 2.24) is 14.7 Å². The number of rotatable bonds is 9. The molecule has 0 unspecified atom stereocenters. The highest BCUT2D eigenvalue weighted by Crippen LogP contribution is 2.31. The van der Waals surface area contributed by atoms with E-state index >= 15 is 0 Å². The van der Waals surface area contributed by atoms with Gasteiger partial charge in [-0.2, -0.15) is 0 Å². The number of hydrogen-bond acceptors (Lipinski definition) is 5. The summed E-state index contributed by atoms with van der Waals surface area (Å²) < 4.78 is 13.2. The number of amides is 1. The average molecular weight is 453 g/mol. The Morgan fingerprint density at radius 2 is 2.03 bits per heavy atom. The van der Waals surface area contributed by atoms with E-state index in [9.17, 15) is 4.79 Å². The van der Waals surface area contributed by atoms with E-state index in [0.29, 0.717) is 30.3 Å². The van der Waals surface area contributed by atoms with Crippen molar-refractivity contribution in [1.29, 1.82) is 0 Å². The number of carbonyl (C=O) groups excluding carboxylic acids is 1. The summed E-state index contributed by atoms with van der Waals surface area (Å²) in [6.45, 7) is 1.52. The van der Waals surface area contributed by atoms with E-state index in [1.165, 1.54) is 12.8 Å². The van der Waals surface area contributed by atoms with E-state index in [0.717, 1.165) is 23.8 Å². The Morgan fingerprint density at radius 1 is 1.20 bits per heavy atom. The smallest absolute Gasteiger partial charge is 0.238 e. The molecule has 1 amide bonds.